The van der Waals surface area contributed by atoms with Crippen molar-refractivity contribution in [1.82, 2.24) is 20.0 Å². The molecule has 1 aromatic rings. The van der Waals surface area contributed by atoms with Crippen LogP contribution in [0.3, 0.4) is 0 Å². The van der Waals surface area contributed by atoms with Gasteiger partial charge in [-0.15, -0.1) is 0 Å². The van der Waals surface area contributed by atoms with Gasteiger partial charge in [-0.3, -0.25) is 9.69 Å². The smallest absolute Gasteiger partial charge is 0.319 e. The van der Waals surface area contributed by atoms with E-state index < -0.39 is 0 Å². The first-order valence-corrected chi connectivity index (χ1v) is 10.6. The molecule has 1 aromatic carbocycles. The molecule has 1 atom stereocenters. The van der Waals surface area contributed by atoms with Gasteiger partial charge in [0.1, 0.15) is 0 Å². The van der Waals surface area contributed by atoms with Crippen molar-refractivity contribution in [3.63, 3.8) is 0 Å². The van der Waals surface area contributed by atoms with Crippen LogP contribution in [0.25, 0.3) is 0 Å². The lowest BCUT2D eigenvalue weighted by atomic mass is 9.96. The summed E-state index contributed by atoms with van der Waals surface area (Å²) in [6.07, 6.45) is 1.73. The maximum absolute atomic E-state index is 12.6. The number of benzene rings is 1. The number of hydrogen-bond donors (Lipinski definition) is 1. The third kappa shape index (κ3) is 6.18. The summed E-state index contributed by atoms with van der Waals surface area (Å²) in [7, 11) is 3.52. The largest absolute Gasteiger partial charge is 0.376 e. The van der Waals surface area contributed by atoms with E-state index in [1.165, 1.54) is 5.56 Å². The molecule has 1 unspecified atom stereocenters. The standard InChI is InChI=1S/C22H34N4O3/c1-17-15-25(11-12-29-17)16-19-6-4-5-18(13-19)14-23-21(27)20-7-9-26(10-8-20)22(28)24(2)3/h4-6,13,17,20H,7-12,14-16H2,1-3H3,(H,23,27). The van der Waals surface area contributed by atoms with Gasteiger partial charge in [0.25, 0.3) is 0 Å². The number of urea groups is 1. The van der Waals surface area contributed by atoms with E-state index in [2.05, 4.69) is 41.4 Å². The van der Waals surface area contributed by atoms with Gasteiger partial charge in [0.05, 0.1) is 12.7 Å². The highest BCUT2D eigenvalue weighted by atomic mass is 16.5. The maximum Gasteiger partial charge on any atom is 0.319 e. The van der Waals surface area contributed by atoms with Crippen LogP contribution in [-0.2, 0) is 22.6 Å². The summed E-state index contributed by atoms with van der Waals surface area (Å²) in [5, 5.41) is 3.09. The van der Waals surface area contributed by atoms with Crippen molar-refractivity contribution in [3.05, 3.63) is 35.4 Å². The van der Waals surface area contributed by atoms with Crippen molar-refractivity contribution in [2.24, 2.45) is 5.92 Å². The molecule has 2 saturated heterocycles. The molecule has 0 spiro atoms. The molecule has 7 nitrogen and oxygen atoms in total. The number of carbonyl (C=O) groups excluding carboxylic acids is 2. The summed E-state index contributed by atoms with van der Waals surface area (Å²) < 4.78 is 5.61. The fraction of sp³-hybridized carbons (Fsp3) is 0.636. The van der Waals surface area contributed by atoms with Crippen molar-refractivity contribution in [2.45, 2.75) is 39.0 Å². The minimum atomic E-state index is -0.0146. The zero-order valence-electron chi connectivity index (χ0n) is 17.9. The van der Waals surface area contributed by atoms with Gasteiger partial charge in [0, 0.05) is 59.3 Å². The number of piperidine rings is 1. The van der Waals surface area contributed by atoms with E-state index in [9.17, 15) is 9.59 Å². The van der Waals surface area contributed by atoms with Gasteiger partial charge in [0.2, 0.25) is 5.91 Å². The summed E-state index contributed by atoms with van der Waals surface area (Å²) in [5.41, 5.74) is 2.39. The second kappa shape index (κ2) is 10.1. The predicted molar refractivity (Wildman–Crippen MR) is 112 cm³/mol. The minimum Gasteiger partial charge on any atom is -0.376 e. The Morgan fingerprint density at radius 2 is 1.90 bits per heavy atom. The highest BCUT2D eigenvalue weighted by Gasteiger charge is 2.27. The summed E-state index contributed by atoms with van der Waals surface area (Å²) in [5.74, 6) is 0.0774. The Kier molecular flexibility index (Phi) is 7.50. The van der Waals surface area contributed by atoms with E-state index in [4.69, 9.17) is 4.74 Å². The van der Waals surface area contributed by atoms with Crippen LogP contribution in [0.1, 0.15) is 30.9 Å². The molecule has 3 rings (SSSR count). The number of likely N-dealkylation sites (tertiary alicyclic amines) is 1. The lowest BCUT2D eigenvalue weighted by Crippen LogP contribution is -2.46. The van der Waals surface area contributed by atoms with Gasteiger partial charge in [-0.05, 0) is 30.9 Å². The molecular formula is C22H34N4O3. The minimum absolute atomic E-state index is 0.0146. The van der Waals surface area contributed by atoms with E-state index in [0.29, 0.717) is 19.6 Å². The molecule has 29 heavy (non-hydrogen) atoms. The molecule has 2 aliphatic rings. The van der Waals surface area contributed by atoms with E-state index in [1.54, 1.807) is 19.0 Å². The second-order valence-electron chi connectivity index (χ2n) is 8.39. The van der Waals surface area contributed by atoms with E-state index >= 15 is 0 Å². The third-order valence-electron chi connectivity index (χ3n) is 5.71. The molecule has 160 valence electrons. The van der Waals surface area contributed by atoms with E-state index in [1.807, 2.05) is 4.90 Å². The van der Waals surface area contributed by atoms with Crippen molar-refractivity contribution < 1.29 is 14.3 Å². The summed E-state index contributed by atoms with van der Waals surface area (Å²) in [4.78, 5) is 30.4. The Labute approximate surface area is 174 Å². The first-order valence-electron chi connectivity index (χ1n) is 10.6. The topological polar surface area (TPSA) is 65.1 Å². The van der Waals surface area contributed by atoms with E-state index in [-0.39, 0.29) is 24.0 Å². The quantitative estimate of drug-likeness (QED) is 0.817. The lowest BCUT2D eigenvalue weighted by Gasteiger charge is -2.33. The van der Waals surface area contributed by atoms with Crippen LogP contribution in [0.15, 0.2) is 24.3 Å². The predicted octanol–water partition coefficient (Wildman–Crippen LogP) is 1.92. The molecule has 0 saturated carbocycles. The number of nitrogens with zero attached hydrogens (tertiary/aromatic N) is 3. The number of amides is 3. The molecule has 2 heterocycles. The normalized spacial score (nSPS) is 21.1. The molecule has 2 aliphatic heterocycles. The highest BCUT2D eigenvalue weighted by Crippen LogP contribution is 2.18. The number of morpholine rings is 1. The molecule has 0 bridgehead atoms. The van der Waals surface area contributed by atoms with Crippen LogP contribution >= 0.6 is 0 Å². The van der Waals surface area contributed by atoms with Crippen LogP contribution in [-0.4, -0.2) is 79.6 Å². The monoisotopic (exact) mass is 402 g/mol. The van der Waals surface area contributed by atoms with Gasteiger partial charge < -0.3 is 19.9 Å². The average Bonchev–Trinajstić information content (AvgIpc) is 2.72. The molecular weight excluding hydrogens is 368 g/mol. The Morgan fingerprint density at radius 3 is 2.59 bits per heavy atom. The van der Waals surface area contributed by atoms with Gasteiger partial charge in [-0.1, -0.05) is 24.3 Å². The Hall–Kier alpha value is -2.12. The zero-order chi connectivity index (χ0) is 20.8. The van der Waals surface area contributed by atoms with Crippen LogP contribution in [0, 0.1) is 5.92 Å². The van der Waals surface area contributed by atoms with Crippen LogP contribution in [0.2, 0.25) is 0 Å². The Balaban J connectivity index is 1.45. The summed E-state index contributed by atoms with van der Waals surface area (Å²) >= 11 is 0. The Morgan fingerprint density at radius 1 is 1.17 bits per heavy atom. The lowest BCUT2D eigenvalue weighted by molar-refractivity contribution is -0.126. The molecule has 1 N–H and O–H groups in total. The van der Waals surface area contributed by atoms with Crippen LogP contribution < -0.4 is 5.32 Å². The first kappa shape index (κ1) is 21.6. The molecule has 0 aliphatic carbocycles. The maximum atomic E-state index is 12.6. The molecule has 0 radical (unpaired) electrons. The highest BCUT2D eigenvalue weighted by molar-refractivity contribution is 5.79. The van der Waals surface area contributed by atoms with Crippen LogP contribution in [0.5, 0.6) is 0 Å². The van der Waals surface area contributed by atoms with Crippen molar-refractivity contribution in [1.29, 1.82) is 0 Å². The van der Waals surface area contributed by atoms with Gasteiger partial charge in [-0.2, -0.15) is 0 Å². The second-order valence-corrected chi connectivity index (χ2v) is 8.39. The van der Waals surface area contributed by atoms with E-state index in [0.717, 1.165) is 44.6 Å². The van der Waals surface area contributed by atoms with Crippen molar-refractivity contribution >= 4 is 11.9 Å². The van der Waals surface area contributed by atoms with Crippen molar-refractivity contribution in [2.75, 3.05) is 46.9 Å². The van der Waals surface area contributed by atoms with Crippen molar-refractivity contribution in [3.8, 4) is 0 Å². The summed E-state index contributed by atoms with van der Waals surface area (Å²) in [6.45, 7) is 7.55. The number of rotatable bonds is 5. The molecule has 0 aromatic heterocycles. The Bertz CT molecular complexity index is 701. The SMILES string of the molecule is CC1CN(Cc2cccc(CNC(=O)C3CCN(C(=O)N(C)C)CC3)c2)CCO1. The first-order chi connectivity index (χ1) is 13.9. The molecule has 7 heteroatoms. The summed E-state index contributed by atoms with van der Waals surface area (Å²) in [6, 6.07) is 8.47. The fourth-order valence-corrected chi connectivity index (χ4v) is 4.08. The third-order valence-corrected chi connectivity index (χ3v) is 5.71. The number of ether oxygens (including phenoxy) is 1. The number of hydrogen-bond acceptors (Lipinski definition) is 4. The number of carbonyl (C=O) groups is 2. The van der Waals surface area contributed by atoms with Crippen LogP contribution in [0.4, 0.5) is 4.79 Å². The van der Waals surface area contributed by atoms with Gasteiger partial charge in [0.15, 0.2) is 0 Å². The molecule has 2 fully saturated rings. The average molecular weight is 403 g/mol. The van der Waals surface area contributed by atoms with Gasteiger partial charge in [-0.25, -0.2) is 4.79 Å². The zero-order valence-corrected chi connectivity index (χ0v) is 17.9. The number of nitrogens with one attached hydrogen (secondary N) is 1. The fourth-order valence-electron chi connectivity index (χ4n) is 4.08. The van der Waals surface area contributed by atoms with Gasteiger partial charge >= 0.3 is 6.03 Å². The molecule has 3 amide bonds.